The fourth-order valence-electron chi connectivity index (χ4n) is 3.19. The molecule has 5 nitrogen and oxygen atoms in total. The van der Waals surface area contributed by atoms with Crippen molar-refractivity contribution < 1.29 is 14.6 Å². The van der Waals surface area contributed by atoms with Crippen molar-refractivity contribution in [3.05, 3.63) is 51.3 Å². The number of phenols is 1. The topological polar surface area (TPSA) is 63.9 Å². The molecule has 1 aliphatic rings. The van der Waals surface area contributed by atoms with Gasteiger partial charge in [0.25, 0.3) is 0 Å². The summed E-state index contributed by atoms with van der Waals surface area (Å²) < 4.78 is 12.4. The molecule has 2 heterocycles. The van der Waals surface area contributed by atoms with Crippen LogP contribution in [0.5, 0.6) is 17.2 Å². The van der Waals surface area contributed by atoms with Crippen molar-refractivity contribution in [2.75, 3.05) is 7.11 Å². The third-order valence-electron chi connectivity index (χ3n) is 4.44. The number of aromatic hydroxyl groups is 1. The van der Waals surface area contributed by atoms with Gasteiger partial charge in [0.15, 0.2) is 11.5 Å². The van der Waals surface area contributed by atoms with Crippen molar-refractivity contribution in [1.82, 2.24) is 4.98 Å². The minimum Gasteiger partial charge on any atom is -0.507 e. The summed E-state index contributed by atoms with van der Waals surface area (Å²) in [6.45, 7) is 4.14. The van der Waals surface area contributed by atoms with Gasteiger partial charge in [-0.2, -0.15) is 0 Å². The number of aliphatic imine (C=N–C) groups is 1. The third kappa shape index (κ3) is 3.77. The predicted octanol–water partition coefficient (Wildman–Crippen LogP) is 5.75. The molecule has 1 aromatic heterocycles. The van der Waals surface area contributed by atoms with Crippen molar-refractivity contribution in [3.8, 4) is 28.5 Å². The summed E-state index contributed by atoms with van der Waals surface area (Å²) in [5.74, 6) is 1.71. The van der Waals surface area contributed by atoms with Crippen molar-refractivity contribution >= 4 is 38.6 Å². The summed E-state index contributed by atoms with van der Waals surface area (Å²) in [6.07, 6.45) is 2.44. The monoisotopic (exact) mass is 458 g/mol. The molecule has 4 rings (SSSR count). The van der Waals surface area contributed by atoms with Gasteiger partial charge in [0.2, 0.25) is 5.13 Å². The molecule has 0 radical (unpaired) electrons. The van der Waals surface area contributed by atoms with Crippen LogP contribution in [-0.4, -0.2) is 29.0 Å². The quantitative estimate of drug-likeness (QED) is 0.505. The van der Waals surface area contributed by atoms with Gasteiger partial charge in [0, 0.05) is 39.2 Å². The van der Waals surface area contributed by atoms with Crippen molar-refractivity contribution in [3.63, 3.8) is 0 Å². The summed E-state index contributed by atoms with van der Waals surface area (Å²) in [4.78, 5) is 9.02. The summed E-state index contributed by atoms with van der Waals surface area (Å²) in [6, 6.07) is 9.26. The van der Waals surface area contributed by atoms with E-state index in [1.54, 1.807) is 31.5 Å². The summed E-state index contributed by atoms with van der Waals surface area (Å²) >= 11 is 4.84. The number of ether oxygens (including phenoxy) is 2. The number of methoxy groups -OCH3 is 1. The number of benzene rings is 2. The van der Waals surface area contributed by atoms with Crippen molar-refractivity contribution in [2.24, 2.45) is 4.99 Å². The molecular weight excluding hydrogens is 440 g/mol. The van der Waals surface area contributed by atoms with Gasteiger partial charge in [0.05, 0.1) is 12.8 Å². The van der Waals surface area contributed by atoms with Crippen LogP contribution in [-0.2, 0) is 6.42 Å². The summed E-state index contributed by atoms with van der Waals surface area (Å²) in [7, 11) is 1.65. The number of fused-ring (bicyclic) bond motifs is 1. The summed E-state index contributed by atoms with van der Waals surface area (Å²) in [5, 5.41) is 12.5. The van der Waals surface area contributed by atoms with Crippen molar-refractivity contribution in [1.29, 1.82) is 0 Å². The Morgan fingerprint density at radius 1 is 1.32 bits per heavy atom. The Morgan fingerprint density at radius 2 is 2.14 bits per heavy atom. The van der Waals surface area contributed by atoms with E-state index in [1.807, 2.05) is 11.4 Å². The number of halogens is 1. The zero-order valence-electron chi connectivity index (χ0n) is 15.7. The Kier molecular flexibility index (Phi) is 4.89. The fourth-order valence-corrected chi connectivity index (χ4v) is 4.24. The molecule has 0 fully saturated rings. The molecule has 0 amide bonds. The third-order valence-corrected chi connectivity index (χ3v) is 5.68. The molecule has 28 heavy (non-hydrogen) atoms. The smallest absolute Gasteiger partial charge is 0.209 e. The van der Waals surface area contributed by atoms with Crippen LogP contribution in [0.15, 0.2) is 45.2 Å². The highest BCUT2D eigenvalue weighted by molar-refractivity contribution is 9.10. The lowest BCUT2D eigenvalue weighted by atomic mass is 9.99. The second-order valence-electron chi connectivity index (χ2n) is 7.18. The molecule has 1 N–H and O–H groups in total. The standard InChI is InChI=1S/C21H19BrN2O3S/c1-21(2)9-13-6-12(8-18(26-3)19(13)27-21)16-11-28-20(24-16)23-10-14-7-15(22)4-5-17(14)25/h4-8,10-11,25H,9H2,1-3H3. The van der Waals surface area contributed by atoms with Gasteiger partial charge in [-0.05, 0) is 44.2 Å². The first kappa shape index (κ1) is 19.0. The number of nitrogens with zero attached hydrogens (tertiary/aromatic N) is 2. The van der Waals surface area contributed by atoms with E-state index in [0.717, 1.165) is 39.2 Å². The highest BCUT2D eigenvalue weighted by Gasteiger charge is 2.33. The van der Waals surface area contributed by atoms with E-state index >= 15 is 0 Å². The fraction of sp³-hybridized carbons (Fsp3) is 0.238. The number of hydrogen-bond acceptors (Lipinski definition) is 6. The average molecular weight is 459 g/mol. The number of thiazole rings is 1. The molecule has 0 saturated heterocycles. The lowest BCUT2D eigenvalue weighted by molar-refractivity contribution is 0.134. The van der Waals surface area contributed by atoms with E-state index in [1.165, 1.54) is 11.3 Å². The molecule has 2 aromatic carbocycles. The van der Waals surface area contributed by atoms with Gasteiger partial charge >= 0.3 is 0 Å². The van der Waals surface area contributed by atoms with Crippen molar-refractivity contribution in [2.45, 2.75) is 25.9 Å². The van der Waals surface area contributed by atoms with E-state index < -0.39 is 0 Å². The zero-order valence-corrected chi connectivity index (χ0v) is 18.1. The van der Waals surface area contributed by atoms with Crippen LogP contribution in [0, 0.1) is 0 Å². The van der Waals surface area contributed by atoms with E-state index in [0.29, 0.717) is 10.7 Å². The molecule has 0 saturated carbocycles. The first-order valence-electron chi connectivity index (χ1n) is 8.73. The molecule has 0 spiro atoms. The van der Waals surface area contributed by atoms with E-state index in [9.17, 15) is 5.11 Å². The van der Waals surface area contributed by atoms with Crippen LogP contribution in [0.2, 0.25) is 0 Å². The number of rotatable bonds is 4. The first-order chi connectivity index (χ1) is 13.3. The number of hydrogen-bond donors (Lipinski definition) is 1. The lowest BCUT2D eigenvalue weighted by Crippen LogP contribution is -2.24. The zero-order chi connectivity index (χ0) is 19.9. The minimum atomic E-state index is -0.238. The molecule has 144 valence electrons. The van der Waals surface area contributed by atoms with Crippen LogP contribution in [0.1, 0.15) is 25.0 Å². The van der Waals surface area contributed by atoms with Crippen LogP contribution >= 0.6 is 27.3 Å². The lowest BCUT2D eigenvalue weighted by Gasteiger charge is -2.17. The van der Waals surface area contributed by atoms with Gasteiger partial charge in [0.1, 0.15) is 11.4 Å². The van der Waals surface area contributed by atoms with E-state index in [2.05, 4.69) is 45.8 Å². The molecule has 0 aliphatic carbocycles. The Morgan fingerprint density at radius 3 is 2.93 bits per heavy atom. The minimum absolute atomic E-state index is 0.176. The van der Waals surface area contributed by atoms with Crippen LogP contribution in [0.4, 0.5) is 5.13 Å². The molecule has 7 heteroatoms. The Labute approximate surface area is 175 Å². The Balaban J connectivity index is 1.63. The molecule has 3 aromatic rings. The SMILES string of the molecule is COc1cc(-c2csc(N=Cc3cc(Br)ccc3O)n2)cc2c1OC(C)(C)C2. The van der Waals surface area contributed by atoms with Gasteiger partial charge in [-0.3, -0.25) is 0 Å². The van der Waals surface area contributed by atoms with Gasteiger partial charge in [-0.15, -0.1) is 11.3 Å². The maximum absolute atomic E-state index is 9.93. The largest absolute Gasteiger partial charge is 0.507 e. The van der Waals surface area contributed by atoms with Crippen LogP contribution in [0.3, 0.4) is 0 Å². The van der Waals surface area contributed by atoms with Gasteiger partial charge in [-0.25, -0.2) is 9.98 Å². The maximum atomic E-state index is 9.93. The van der Waals surface area contributed by atoms with E-state index in [-0.39, 0.29) is 11.4 Å². The molecule has 1 aliphatic heterocycles. The molecule has 0 unspecified atom stereocenters. The maximum Gasteiger partial charge on any atom is 0.209 e. The predicted molar refractivity (Wildman–Crippen MR) is 116 cm³/mol. The molecular formula is C21H19BrN2O3S. The molecule has 0 atom stereocenters. The highest BCUT2D eigenvalue weighted by atomic mass is 79.9. The van der Waals surface area contributed by atoms with Crippen LogP contribution in [0.25, 0.3) is 11.3 Å². The number of phenolic OH excluding ortho intramolecular Hbond substituents is 1. The number of aromatic nitrogens is 1. The molecule has 0 bridgehead atoms. The summed E-state index contributed by atoms with van der Waals surface area (Å²) in [5.41, 5.74) is 3.32. The van der Waals surface area contributed by atoms with Gasteiger partial charge in [-0.1, -0.05) is 15.9 Å². The normalized spacial score (nSPS) is 14.9. The average Bonchev–Trinajstić information content (AvgIpc) is 3.24. The van der Waals surface area contributed by atoms with E-state index in [4.69, 9.17) is 9.47 Å². The second kappa shape index (κ2) is 7.22. The van der Waals surface area contributed by atoms with Crippen LogP contribution < -0.4 is 9.47 Å². The highest BCUT2D eigenvalue weighted by Crippen LogP contribution is 2.44. The Bertz CT molecular complexity index is 1080. The Hall–Kier alpha value is -2.38. The second-order valence-corrected chi connectivity index (χ2v) is 8.93. The van der Waals surface area contributed by atoms with Gasteiger partial charge < -0.3 is 14.6 Å². The first-order valence-corrected chi connectivity index (χ1v) is 10.4.